The molecule has 1 aromatic heterocycles. The van der Waals surface area contributed by atoms with Crippen LogP contribution in [0.1, 0.15) is 19.5 Å². The van der Waals surface area contributed by atoms with Crippen LogP contribution in [-0.2, 0) is 6.42 Å². The number of nitrogens with zero attached hydrogens (tertiary/aromatic N) is 2. The van der Waals surface area contributed by atoms with Crippen LogP contribution in [0, 0.1) is 5.82 Å². The zero-order valence-corrected chi connectivity index (χ0v) is 9.18. The summed E-state index contributed by atoms with van der Waals surface area (Å²) in [5.41, 5.74) is 0.455. The third kappa shape index (κ3) is 3.43. The zero-order chi connectivity index (χ0) is 11.1. The van der Waals surface area contributed by atoms with Crippen LogP contribution in [0.2, 0.25) is 0 Å². The average molecular weight is 212 g/mol. The average Bonchev–Trinajstić information content (AvgIpc) is 2.26. The van der Waals surface area contributed by atoms with E-state index in [2.05, 4.69) is 20.6 Å². The van der Waals surface area contributed by atoms with Gasteiger partial charge in [-0.1, -0.05) is 13.8 Å². The van der Waals surface area contributed by atoms with E-state index in [9.17, 15) is 4.39 Å². The summed E-state index contributed by atoms with van der Waals surface area (Å²) in [6, 6.07) is 0. The number of halogens is 1. The maximum absolute atomic E-state index is 13.6. The van der Waals surface area contributed by atoms with Crippen molar-refractivity contribution in [3.05, 3.63) is 17.8 Å². The Morgan fingerprint density at radius 1 is 1.27 bits per heavy atom. The number of nitrogens with one attached hydrogen (secondary N) is 2. The van der Waals surface area contributed by atoms with Gasteiger partial charge >= 0.3 is 0 Å². The fraction of sp³-hybridized carbons (Fsp3) is 0.600. The van der Waals surface area contributed by atoms with Gasteiger partial charge in [0.25, 0.3) is 0 Å². The smallest absolute Gasteiger partial charge is 0.186 e. The first kappa shape index (κ1) is 11.8. The van der Waals surface area contributed by atoms with Crippen molar-refractivity contribution in [2.45, 2.75) is 20.3 Å². The molecule has 5 heteroatoms. The highest BCUT2D eigenvalue weighted by molar-refractivity contribution is 5.37. The molecule has 1 heterocycles. The molecule has 15 heavy (non-hydrogen) atoms. The van der Waals surface area contributed by atoms with Crippen LogP contribution < -0.4 is 10.6 Å². The van der Waals surface area contributed by atoms with E-state index in [1.807, 2.05) is 13.8 Å². The molecule has 0 aliphatic heterocycles. The number of hydrogen-bond acceptors (Lipinski definition) is 4. The van der Waals surface area contributed by atoms with Gasteiger partial charge in [-0.2, -0.15) is 0 Å². The van der Waals surface area contributed by atoms with Gasteiger partial charge in [-0.3, -0.25) is 0 Å². The number of aryl methyl sites for hydroxylation is 1. The number of aromatic nitrogens is 2. The summed E-state index contributed by atoms with van der Waals surface area (Å²) in [6.07, 6.45) is 1.97. The molecule has 0 amide bonds. The van der Waals surface area contributed by atoms with Crippen molar-refractivity contribution in [1.29, 1.82) is 0 Å². The summed E-state index contributed by atoms with van der Waals surface area (Å²) < 4.78 is 13.6. The van der Waals surface area contributed by atoms with Crippen LogP contribution in [0.5, 0.6) is 0 Å². The van der Waals surface area contributed by atoms with Crippen molar-refractivity contribution >= 4 is 5.82 Å². The summed E-state index contributed by atoms with van der Waals surface area (Å²) in [5.74, 6) is -0.0451. The third-order valence-electron chi connectivity index (χ3n) is 2.04. The van der Waals surface area contributed by atoms with Gasteiger partial charge in [0.1, 0.15) is 6.33 Å². The Labute approximate surface area is 89.3 Å². The fourth-order valence-corrected chi connectivity index (χ4v) is 1.22. The van der Waals surface area contributed by atoms with E-state index >= 15 is 0 Å². The monoisotopic (exact) mass is 212 g/mol. The molecule has 0 radical (unpaired) electrons. The van der Waals surface area contributed by atoms with Crippen molar-refractivity contribution in [1.82, 2.24) is 15.3 Å². The minimum Gasteiger partial charge on any atom is -0.366 e. The van der Waals surface area contributed by atoms with Gasteiger partial charge in [-0.05, 0) is 13.0 Å². The molecule has 0 aliphatic rings. The lowest BCUT2D eigenvalue weighted by molar-refractivity contribution is 0.596. The normalized spacial score (nSPS) is 10.3. The molecular weight excluding hydrogens is 195 g/mol. The number of anilines is 1. The van der Waals surface area contributed by atoms with Gasteiger partial charge in [0.2, 0.25) is 0 Å². The summed E-state index contributed by atoms with van der Waals surface area (Å²) in [4.78, 5) is 7.72. The molecule has 1 rings (SSSR count). The minimum atomic E-state index is -0.337. The van der Waals surface area contributed by atoms with E-state index in [4.69, 9.17) is 0 Å². The topological polar surface area (TPSA) is 49.8 Å². The largest absolute Gasteiger partial charge is 0.366 e. The van der Waals surface area contributed by atoms with E-state index in [1.54, 1.807) is 0 Å². The van der Waals surface area contributed by atoms with Crippen LogP contribution in [0.3, 0.4) is 0 Å². The summed E-state index contributed by atoms with van der Waals surface area (Å²) in [7, 11) is 0. The zero-order valence-electron chi connectivity index (χ0n) is 9.18. The molecule has 4 nitrogen and oxygen atoms in total. The Hall–Kier alpha value is -1.23. The van der Waals surface area contributed by atoms with Gasteiger partial charge < -0.3 is 10.6 Å². The summed E-state index contributed by atoms with van der Waals surface area (Å²) in [5, 5.41) is 6.07. The van der Waals surface area contributed by atoms with E-state index in [-0.39, 0.29) is 5.82 Å². The second kappa shape index (κ2) is 6.29. The van der Waals surface area contributed by atoms with Crippen molar-refractivity contribution in [2.75, 3.05) is 25.0 Å². The Balaban J connectivity index is 2.53. The van der Waals surface area contributed by atoms with Crippen molar-refractivity contribution < 1.29 is 4.39 Å². The Bertz CT molecular complexity index is 303. The second-order valence-electron chi connectivity index (χ2n) is 3.12. The Morgan fingerprint density at radius 3 is 2.73 bits per heavy atom. The van der Waals surface area contributed by atoms with Crippen LogP contribution in [-0.4, -0.2) is 29.6 Å². The van der Waals surface area contributed by atoms with E-state index < -0.39 is 0 Å². The molecule has 0 bridgehead atoms. The molecule has 0 unspecified atom stereocenters. The standard InChI is InChI=1S/C10H17FN4/c1-3-8-9(11)10(15-7-14-8)13-6-5-12-4-2/h7,12H,3-6H2,1-2H3,(H,13,14,15). The van der Waals surface area contributed by atoms with Gasteiger partial charge in [-0.15, -0.1) is 0 Å². The molecule has 0 fully saturated rings. The van der Waals surface area contributed by atoms with Crippen molar-refractivity contribution in [3.63, 3.8) is 0 Å². The number of hydrogen-bond donors (Lipinski definition) is 2. The fourth-order valence-electron chi connectivity index (χ4n) is 1.22. The lowest BCUT2D eigenvalue weighted by atomic mass is 10.3. The maximum atomic E-state index is 13.6. The molecule has 1 aromatic rings. The van der Waals surface area contributed by atoms with Gasteiger partial charge in [-0.25, -0.2) is 14.4 Å². The van der Waals surface area contributed by atoms with Crippen LogP contribution in [0.15, 0.2) is 6.33 Å². The first-order valence-corrected chi connectivity index (χ1v) is 5.23. The molecule has 2 N–H and O–H groups in total. The highest BCUT2D eigenvalue weighted by Crippen LogP contribution is 2.12. The first-order valence-electron chi connectivity index (χ1n) is 5.23. The summed E-state index contributed by atoms with van der Waals surface area (Å²) in [6.45, 7) is 6.26. The summed E-state index contributed by atoms with van der Waals surface area (Å²) >= 11 is 0. The Morgan fingerprint density at radius 2 is 2.07 bits per heavy atom. The van der Waals surface area contributed by atoms with Crippen LogP contribution >= 0.6 is 0 Å². The van der Waals surface area contributed by atoms with Gasteiger partial charge in [0.15, 0.2) is 11.6 Å². The predicted octanol–water partition coefficient (Wildman–Crippen LogP) is 1.20. The molecule has 0 aromatic carbocycles. The molecule has 0 saturated carbocycles. The first-order chi connectivity index (χ1) is 7.29. The van der Waals surface area contributed by atoms with Crippen molar-refractivity contribution in [3.8, 4) is 0 Å². The molecule has 0 saturated heterocycles. The SMILES string of the molecule is CCNCCNc1ncnc(CC)c1F. The highest BCUT2D eigenvalue weighted by atomic mass is 19.1. The molecule has 0 spiro atoms. The highest BCUT2D eigenvalue weighted by Gasteiger charge is 2.08. The van der Waals surface area contributed by atoms with Crippen LogP contribution in [0.25, 0.3) is 0 Å². The Kier molecular flexibility index (Phi) is 4.97. The maximum Gasteiger partial charge on any atom is 0.186 e. The van der Waals surface area contributed by atoms with Gasteiger partial charge in [0, 0.05) is 13.1 Å². The third-order valence-corrected chi connectivity index (χ3v) is 2.04. The molecule has 0 atom stereocenters. The van der Waals surface area contributed by atoms with Gasteiger partial charge in [0.05, 0.1) is 5.69 Å². The minimum absolute atomic E-state index is 0.291. The van der Waals surface area contributed by atoms with E-state index in [0.29, 0.717) is 24.5 Å². The predicted molar refractivity (Wildman–Crippen MR) is 58.4 cm³/mol. The quantitative estimate of drug-likeness (QED) is 0.696. The number of likely N-dealkylation sites (N-methyl/N-ethyl adjacent to an activating group) is 1. The lowest BCUT2D eigenvalue weighted by Crippen LogP contribution is -2.22. The lowest BCUT2D eigenvalue weighted by Gasteiger charge is -2.08. The second-order valence-corrected chi connectivity index (χ2v) is 3.12. The molecule has 0 aliphatic carbocycles. The van der Waals surface area contributed by atoms with E-state index in [1.165, 1.54) is 6.33 Å². The molecule has 84 valence electrons. The van der Waals surface area contributed by atoms with Crippen molar-refractivity contribution in [2.24, 2.45) is 0 Å². The van der Waals surface area contributed by atoms with Crippen LogP contribution in [0.4, 0.5) is 10.2 Å². The van der Waals surface area contributed by atoms with E-state index in [0.717, 1.165) is 13.1 Å². The molecular formula is C10H17FN4. The number of rotatable bonds is 6.